The first-order valence-electron chi connectivity index (χ1n) is 13.2. The molecule has 10 heteroatoms. The van der Waals surface area contributed by atoms with Crippen LogP contribution < -0.4 is 11.1 Å². The molecule has 3 aliphatic rings. The number of hydrogen-bond acceptors (Lipinski definition) is 6. The molecule has 3 heterocycles. The molecule has 0 bridgehead atoms. The van der Waals surface area contributed by atoms with E-state index in [0.717, 1.165) is 63.6 Å². The smallest absolute Gasteiger partial charge is 0.379 e. The molecule has 202 valence electrons. The summed E-state index contributed by atoms with van der Waals surface area (Å²) in [6.07, 6.45) is 3.74. The maximum Gasteiger partial charge on any atom is 0.417 e. The number of fused-ring (bicyclic) bond motifs is 1. The highest BCUT2D eigenvalue weighted by atomic mass is 19.4. The predicted octanol–water partition coefficient (Wildman–Crippen LogP) is 3.44. The van der Waals surface area contributed by atoms with Crippen LogP contribution in [0, 0.1) is 5.41 Å². The monoisotopic (exact) mass is 512 g/mol. The Hall–Kier alpha value is -1.75. The minimum absolute atomic E-state index is 0.0112. The summed E-state index contributed by atoms with van der Waals surface area (Å²) in [6.45, 7) is 2.54. The second-order valence-corrected chi connectivity index (χ2v) is 10.5. The number of aromatic nitrogens is 1. The van der Waals surface area contributed by atoms with Crippen molar-refractivity contribution in [1.82, 2.24) is 15.2 Å². The molecule has 1 aromatic heterocycles. The Kier molecular flexibility index (Phi) is 8.91. The van der Waals surface area contributed by atoms with Gasteiger partial charge in [-0.1, -0.05) is 12.8 Å². The fraction of sp³-hybridized carbons (Fsp3) is 0.769. The van der Waals surface area contributed by atoms with Crippen LogP contribution in [0.5, 0.6) is 0 Å². The van der Waals surface area contributed by atoms with Crippen LogP contribution in [0.15, 0.2) is 12.3 Å². The molecule has 0 aromatic carbocycles. The van der Waals surface area contributed by atoms with Crippen molar-refractivity contribution in [2.24, 2.45) is 11.1 Å². The number of carbonyl (C=O) groups excluding carboxylic acids is 1. The summed E-state index contributed by atoms with van der Waals surface area (Å²) in [7, 11) is 1.70. The topological polar surface area (TPSA) is 89.7 Å². The Morgan fingerprint density at radius 2 is 2.17 bits per heavy atom. The largest absolute Gasteiger partial charge is 0.417 e. The Bertz CT molecular complexity index is 900. The third-order valence-electron chi connectivity index (χ3n) is 8.13. The van der Waals surface area contributed by atoms with E-state index in [1.54, 1.807) is 12.0 Å². The van der Waals surface area contributed by atoms with Gasteiger partial charge >= 0.3 is 6.18 Å². The molecule has 0 radical (unpaired) electrons. The average molecular weight is 513 g/mol. The van der Waals surface area contributed by atoms with E-state index in [9.17, 15) is 18.0 Å². The number of nitrogens with zero attached hydrogens (tertiary/aromatic N) is 2. The van der Waals surface area contributed by atoms with Crippen LogP contribution in [0.4, 0.5) is 13.2 Å². The minimum Gasteiger partial charge on any atom is -0.379 e. The Morgan fingerprint density at radius 3 is 2.92 bits per heavy atom. The van der Waals surface area contributed by atoms with Gasteiger partial charge in [0.2, 0.25) is 5.91 Å². The van der Waals surface area contributed by atoms with E-state index >= 15 is 0 Å². The molecule has 36 heavy (non-hydrogen) atoms. The quantitative estimate of drug-likeness (QED) is 0.493. The van der Waals surface area contributed by atoms with Gasteiger partial charge in [-0.2, -0.15) is 13.2 Å². The van der Waals surface area contributed by atoms with Gasteiger partial charge in [0.25, 0.3) is 0 Å². The molecule has 1 aromatic rings. The summed E-state index contributed by atoms with van der Waals surface area (Å²) in [5.41, 5.74) is 5.56. The second-order valence-electron chi connectivity index (χ2n) is 10.5. The summed E-state index contributed by atoms with van der Waals surface area (Å²) in [4.78, 5) is 19.8. The van der Waals surface area contributed by atoms with Crippen molar-refractivity contribution in [3.05, 3.63) is 29.1 Å². The van der Waals surface area contributed by atoms with Crippen molar-refractivity contribution in [1.29, 1.82) is 0 Å². The minimum atomic E-state index is -4.45. The molecule has 1 saturated heterocycles. The number of alkyl halides is 3. The molecule has 0 unspecified atom stereocenters. The van der Waals surface area contributed by atoms with Gasteiger partial charge in [0.15, 0.2) is 0 Å². The maximum atomic E-state index is 14.0. The first-order chi connectivity index (χ1) is 17.3. The summed E-state index contributed by atoms with van der Waals surface area (Å²) in [5, 5.41) is 3.74. The first-order valence-corrected chi connectivity index (χ1v) is 13.2. The highest BCUT2D eigenvalue weighted by Gasteiger charge is 2.48. The fourth-order valence-corrected chi connectivity index (χ4v) is 6.11. The van der Waals surface area contributed by atoms with Gasteiger partial charge in [-0.05, 0) is 56.7 Å². The van der Waals surface area contributed by atoms with Gasteiger partial charge in [0.05, 0.1) is 23.7 Å². The Labute approximate surface area is 211 Å². The molecule has 4 rings (SSSR count). The van der Waals surface area contributed by atoms with Crippen molar-refractivity contribution >= 4 is 5.91 Å². The number of methoxy groups -OCH3 is 1. The van der Waals surface area contributed by atoms with Crippen LogP contribution in [0.1, 0.15) is 68.2 Å². The number of ether oxygens (including phenoxy) is 2. The number of carbonyl (C=O) groups is 1. The zero-order valence-corrected chi connectivity index (χ0v) is 21.1. The van der Waals surface area contributed by atoms with Crippen molar-refractivity contribution in [2.45, 2.75) is 88.7 Å². The van der Waals surface area contributed by atoms with Crippen LogP contribution in [-0.4, -0.2) is 67.4 Å². The van der Waals surface area contributed by atoms with Crippen molar-refractivity contribution in [3.63, 3.8) is 0 Å². The molecule has 7 nitrogen and oxygen atoms in total. The number of unbranched alkanes of at least 4 members (excludes halogenated alkanes) is 2. The van der Waals surface area contributed by atoms with Crippen molar-refractivity contribution in [2.75, 3.05) is 33.4 Å². The molecule has 2 fully saturated rings. The van der Waals surface area contributed by atoms with E-state index in [1.165, 1.54) is 0 Å². The summed E-state index contributed by atoms with van der Waals surface area (Å²) >= 11 is 0. The highest BCUT2D eigenvalue weighted by Crippen LogP contribution is 2.45. The van der Waals surface area contributed by atoms with Gasteiger partial charge in [0.1, 0.15) is 0 Å². The lowest BCUT2D eigenvalue weighted by molar-refractivity contribution is -0.143. The maximum absolute atomic E-state index is 14.0. The third-order valence-corrected chi connectivity index (χ3v) is 8.13. The number of hydrogen-bond donors (Lipinski definition) is 2. The standard InChI is InChI=1S/C26H39F3N4O3/c1-35-23-17-36-12-7-22(23)32-20-5-9-25(14-20,8-3-2-4-10-30)24(34)33-11-6-21-18(16-33)13-19(15-31-21)26(27,28)29/h13,15,20,22-23,32H,2-12,14,16-17,30H2,1H3/t20-,22+,23-,25+/m1/s1. The predicted molar refractivity (Wildman–Crippen MR) is 129 cm³/mol. The molecule has 2 aliphatic heterocycles. The lowest BCUT2D eigenvalue weighted by atomic mass is 9.78. The summed E-state index contributed by atoms with van der Waals surface area (Å²) < 4.78 is 50.9. The lowest BCUT2D eigenvalue weighted by Crippen LogP contribution is -2.51. The van der Waals surface area contributed by atoms with E-state index in [1.807, 2.05) is 0 Å². The SMILES string of the molecule is CO[C@@H]1COCC[C@@H]1N[C@@H]1CC[C@](CCCCCN)(C(=O)N2CCc3ncc(C(F)(F)F)cc3C2)C1. The zero-order chi connectivity index (χ0) is 25.8. The molecule has 1 aliphatic carbocycles. The van der Waals surface area contributed by atoms with Gasteiger partial charge in [-0.15, -0.1) is 0 Å². The van der Waals surface area contributed by atoms with Gasteiger partial charge < -0.3 is 25.4 Å². The molecule has 1 amide bonds. The van der Waals surface area contributed by atoms with Crippen molar-refractivity contribution in [3.8, 4) is 0 Å². The normalized spacial score (nSPS) is 28.8. The second kappa shape index (κ2) is 11.8. The van der Waals surface area contributed by atoms with E-state index in [2.05, 4.69) is 10.3 Å². The highest BCUT2D eigenvalue weighted by molar-refractivity contribution is 5.83. The van der Waals surface area contributed by atoms with Crippen LogP contribution in [-0.2, 0) is 33.4 Å². The summed E-state index contributed by atoms with van der Waals surface area (Å²) in [6, 6.07) is 1.54. The Morgan fingerprint density at radius 1 is 1.33 bits per heavy atom. The van der Waals surface area contributed by atoms with E-state index in [4.69, 9.17) is 15.2 Å². The van der Waals surface area contributed by atoms with Gasteiger partial charge in [-0.3, -0.25) is 9.78 Å². The Balaban J connectivity index is 1.48. The third kappa shape index (κ3) is 6.20. The molecular formula is C26H39F3N4O3. The number of rotatable bonds is 9. The molecule has 0 spiro atoms. The average Bonchev–Trinajstić information content (AvgIpc) is 3.29. The van der Waals surface area contributed by atoms with Crippen LogP contribution in [0.2, 0.25) is 0 Å². The lowest BCUT2D eigenvalue weighted by Gasteiger charge is -2.38. The zero-order valence-electron chi connectivity index (χ0n) is 21.1. The number of amides is 1. The molecule has 3 N–H and O–H groups in total. The first kappa shape index (κ1) is 27.3. The molecule has 4 atom stereocenters. The number of nitrogens with two attached hydrogens (primary N) is 1. The van der Waals surface area contributed by atoms with E-state index in [0.29, 0.717) is 44.0 Å². The number of pyridine rings is 1. The molecule has 1 saturated carbocycles. The number of nitrogens with one attached hydrogen (secondary N) is 1. The van der Waals surface area contributed by atoms with Gasteiger partial charge in [-0.25, -0.2) is 0 Å². The van der Waals surface area contributed by atoms with Crippen LogP contribution >= 0.6 is 0 Å². The van der Waals surface area contributed by atoms with Crippen LogP contribution in [0.25, 0.3) is 0 Å². The van der Waals surface area contributed by atoms with Crippen LogP contribution in [0.3, 0.4) is 0 Å². The fourth-order valence-electron chi connectivity index (χ4n) is 6.11. The van der Waals surface area contributed by atoms with Gasteiger partial charge in [0, 0.05) is 57.2 Å². The van der Waals surface area contributed by atoms with E-state index in [-0.39, 0.29) is 30.6 Å². The molecular weight excluding hydrogens is 473 g/mol. The van der Waals surface area contributed by atoms with Crippen molar-refractivity contribution < 1.29 is 27.4 Å². The summed E-state index contributed by atoms with van der Waals surface area (Å²) in [5.74, 6) is 0.0675. The number of halogens is 3. The van der Waals surface area contributed by atoms with E-state index < -0.39 is 17.2 Å².